The molecule has 0 bridgehead atoms. The predicted molar refractivity (Wildman–Crippen MR) is 105 cm³/mol. The molecule has 0 saturated heterocycles. The molecule has 0 unspecified atom stereocenters. The van der Waals surface area contributed by atoms with Crippen molar-refractivity contribution in [2.75, 3.05) is 17.7 Å². The molecule has 0 aliphatic rings. The van der Waals surface area contributed by atoms with Crippen LogP contribution < -0.4 is 16.8 Å². The van der Waals surface area contributed by atoms with E-state index in [1.165, 1.54) is 30.3 Å². The Morgan fingerprint density at radius 3 is 2.39 bits per heavy atom. The second-order valence-electron chi connectivity index (χ2n) is 5.63. The summed E-state index contributed by atoms with van der Waals surface area (Å²) in [5.74, 6) is -2.11. The number of anilines is 1. The van der Waals surface area contributed by atoms with Gasteiger partial charge in [0.2, 0.25) is 0 Å². The Morgan fingerprint density at radius 2 is 1.79 bits per heavy atom. The number of carbonyl (C=O) groups is 2. The molecule has 0 saturated carbocycles. The lowest BCUT2D eigenvalue weighted by atomic mass is 10.2. The average Bonchev–Trinajstić information content (AvgIpc) is 2.61. The number of nitrogens with two attached hydrogens (primary N) is 2. The van der Waals surface area contributed by atoms with Gasteiger partial charge in [0.05, 0.1) is 17.2 Å². The Kier molecular flexibility index (Phi) is 6.72. The van der Waals surface area contributed by atoms with Crippen molar-refractivity contribution >= 4 is 39.0 Å². The topological polar surface area (TPSA) is 154 Å². The largest absolute Gasteiger partial charge is 0.465 e. The van der Waals surface area contributed by atoms with Gasteiger partial charge in [0.25, 0.3) is 5.91 Å². The third-order valence-corrected chi connectivity index (χ3v) is 5.06. The number of rotatable bonds is 7. The number of aliphatic imine (C=N–C) groups is 1. The third-order valence-electron chi connectivity index (χ3n) is 3.45. The molecule has 2 aromatic carbocycles. The Hall–Kier alpha value is -3.40. The molecule has 0 fully saturated rings. The average molecular weight is 404 g/mol. The van der Waals surface area contributed by atoms with Crippen LogP contribution in [0.5, 0.6) is 0 Å². The van der Waals surface area contributed by atoms with Crippen molar-refractivity contribution < 1.29 is 22.7 Å². The standard InChI is InChI=1S/C18H20N4O5S/c1-2-27-16(23)11-28(25,26)15-8-6-13(7-9-15)21-17(24)12-4-3-5-14(10-12)22-18(19)20/h3-10H,2,11H2,1H3,(H,21,24)(H4,19,20,22). The van der Waals surface area contributed by atoms with Gasteiger partial charge in [-0.1, -0.05) is 6.07 Å². The maximum Gasteiger partial charge on any atom is 0.321 e. The number of sulfone groups is 1. The Balaban J connectivity index is 2.11. The predicted octanol–water partition coefficient (Wildman–Crippen LogP) is 1.18. The quantitative estimate of drug-likeness (QED) is 0.356. The number of amides is 1. The molecule has 148 valence electrons. The van der Waals surface area contributed by atoms with E-state index in [0.29, 0.717) is 16.9 Å². The first-order valence-electron chi connectivity index (χ1n) is 8.21. The zero-order chi connectivity index (χ0) is 20.7. The number of ether oxygens (including phenoxy) is 1. The van der Waals surface area contributed by atoms with Crippen LogP contribution in [0.25, 0.3) is 0 Å². The monoisotopic (exact) mass is 404 g/mol. The van der Waals surface area contributed by atoms with Gasteiger partial charge in [-0.05, 0) is 49.4 Å². The molecular weight excluding hydrogens is 384 g/mol. The number of nitrogens with one attached hydrogen (secondary N) is 1. The Morgan fingerprint density at radius 1 is 1.11 bits per heavy atom. The van der Waals surface area contributed by atoms with E-state index >= 15 is 0 Å². The Labute approximate surface area is 162 Å². The molecule has 0 aromatic heterocycles. The molecule has 0 spiro atoms. The SMILES string of the molecule is CCOC(=O)CS(=O)(=O)c1ccc(NC(=O)c2cccc(N=C(N)N)c2)cc1. The van der Waals surface area contributed by atoms with E-state index in [2.05, 4.69) is 15.0 Å². The molecule has 1 amide bonds. The van der Waals surface area contributed by atoms with Crippen LogP contribution in [-0.4, -0.2) is 38.6 Å². The summed E-state index contributed by atoms with van der Waals surface area (Å²) in [6.07, 6.45) is 0. The molecule has 5 N–H and O–H groups in total. The summed E-state index contributed by atoms with van der Waals surface area (Å²) in [7, 11) is -3.82. The fourth-order valence-corrected chi connectivity index (χ4v) is 3.37. The van der Waals surface area contributed by atoms with E-state index in [4.69, 9.17) is 11.5 Å². The molecule has 2 rings (SSSR count). The first-order valence-corrected chi connectivity index (χ1v) is 9.86. The van der Waals surface area contributed by atoms with Crippen molar-refractivity contribution in [3.05, 3.63) is 54.1 Å². The molecule has 0 radical (unpaired) electrons. The van der Waals surface area contributed by atoms with E-state index in [0.717, 1.165) is 0 Å². The van der Waals surface area contributed by atoms with E-state index in [1.54, 1.807) is 25.1 Å². The normalized spacial score (nSPS) is 10.8. The maximum atomic E-state index is 12.3. The van der Waals surface area contributed by atoms with E-state index in [9.17, 15) is 18.0 Å². The summed E-state index contributed by atoms with van der Waals surface area (Å²) in [5, 5.41) is 2.64. The van der Waals surface area contributed by atoms with Gasteiger partial charge in [0, 0.05) is 11.3 Å². The lowest BCUT2D eigenvalue weighted by Gasteiger charge is -2.08. The second kappa shape index (κ2) is 9.00. The van der Waals surface area contributed by atoms with Gasteiger partial charge in [-0.25, -0.2) is 13.4 Å². The molecule has 2 aromatic rings. The number of carbonyl (C=O) groups excluding carboxylic acids is 2. The third kappa shape index (κ3) is 5.81. The van der Waals surface area contributed by atoms with Gasteiger partial charge < -0.3 is 21.5 Å². The molecule has 28 heavy (non-hydrogen) atoms. The van der Waals surface area contributed by atoms with Gasteiger partial charge in [-0.3, -0.25) is 9.59 Å². The lowest BCUT2D eigenvalue weighted by molar-refractivity contribution is -0.139. The fraction of sp³-hybridized carbons (Fsp3) is 0.167. The minimum Gasteiger partial charge on any atom is -0.465 e. The number of nitrogens with zero attached hydrogens (tertiary/aromatic N) is 1. The molecule has 0 heterocycles. The van der Waals surface area contributed by atoms with Crippen molar-refractivity contribution in [1.29, 1.82) is 0 Å². The van der Waals surface area contributed by atoms with Crippen molar-refractivity contribution in [3.63, 3.8) is 0 Å². The molecule has 0 atom stereocenters. The van der Waals surface area contributed by atoms with Crippen molar-refractivity contribution in [3.8, 4) is 0 Å². The molecule has 0 aliphatic heterocycles. The van der Waals surface area contributed by atoms with Crippen LogP contribution in [0.1, 0.15) is 17.3 Å². The summed E-state index contributed by atoms with van der Waals surface area (Å²) in [4.78, 5) is 27.6. The van der Waals surface area contributed by atoms with Crippen LogP contribution in [0.15, 0.2) is 58.4 Å². The van der Waals surface area contributed by atoms with Gasteiger partial charge >= 0.3 is 5.97 Å². The second-order valence-corrected chi connectivity index (χ2v) is 7.62. The summed E-state index contributed by atoms with van der Waals surface area (Å²) in [6.45, 7) is 1.69. The maximum absolute atomic E-state index is 12.3. The molecule has 9 nitrogen and oxygen atoms in total. The molecule has 10 heteroatoms. The van der Waals surface area contributed by atoms with Crippen molar-refractivity contribution in [1.82, 2.24) is 0 Å². The highest BCUT2D eigenvalue weighted by Gasteiger charge is 2.20. The number of hydrogen-bond donors (Lipinski definition) is 3. The van der Waals surface area contributed by atoms with Crippen molar-refractivity contribution in [2.24, 2.45) is 16.5 Å². The highest BCUT2D eigenvalue weighted by atomic mass is 32.2. The van der Waals surface area contributed by atoms with Gasteiger partial charge in [-0.2, -0.15) is 0 Å². The van der Waals surface area contributed by atoms with E-state index in [-0.39, 0.29) is 17.5 Å². The van der Waals surface area contributed by atoms with Crippen molar-refractivity contribution in [2.45, 2.75) is 11.8 Å². The summed E-state index contributed by atoms with van der Waals surface area (Å²) in [5.41, 5.74) is 11.8. The summed E-state index contributed by atoms with van der Waals surface area (Å²) in [6, 6.07) is 11.8. The number of hydrogen-bond acceptors (Lipinski definition) is 6. The van der Waals surface area contributed by atoms with Crippen LogP contribution in [0.3, 0.4) is 0 Å². The highest BCUT2D eigenvalue weighted by Crippen LogP contribution is 2.18. The lowest BCUT2D eigenvalue weighted by Crippen LogP contribution is -2.22. The minimum atomic E-state index is -3.82. The van der Waals surface area contributed by atoms with Gasteiger partial charge in [-0.15, -0.1) is 0 Å². The minimum absolute atomic E-state index is 0.0479. The number of guanidine groups is 1. The van der Waals surface area contributed by atoms with Crippen LogP contribution in [0.2, 0.25) is 0 Å². The van der Waals surface area contributed by atoms with Gasteiger partial charge in [0.1, 0.15) is 0 Å². The van der Waals surface area contributed by atoms with Crippen LogP contribution in [0, 0.1) is 0 Å². The van der Waals surface area contributed by atoms with Crippen LogP contribution >= 0.6 is 0 Å². The smallest absolute Gasteiger partial charge is 0.321 e. The molecular formula is C18H20N4O5S. The summed E-state index contributed by atoms with van der Waals surface area (Å²) >= 11 is 0. The van der Waals surface area contributed by atoms with Gasteiger partial charge in [0.15, 0.2) is 21.5 Å². The summed E-state index contributed by atoms with van der Waals surface area (Å²) < 4.78 is 29.0. The first kappa shape index (κ1) is 20.9. The molecule has 0 aliphatic carbocycles. The zero-order valence-corrected chi connectivity index (χ0v) is 15.9. The number of benzene rings is 2. The van der Waals surface area contributed by atoms with Crippen LogP contribution in [-0.2, 0) is 19.4 Å². The zero-order valence-electron chi connectivity index (χ0n) is 15.1. The highest BCUT2D eigenvalue weighted by molar-refractivity contribution is 7.92. The first-order chi connectivity index (χ1) is 13.2. The fourth-order valence-electron chi connectivity index (χ4n) is 2.26. The van der Waals surface area contributed by atoms with Crippen LogP contribution in [0.4, 0.5) is 11.4 Å². The van der Waals surface area contributed by atoms with E-state index in [1.807, 2.05) is 0 Å². The van der Waals surface area contributed by atoms with E-state index < -0.39 is 27.5 Å². The number of esters is 1. The Bertz CT molecular complexity index is 997.